The van der Waals surface area contributed by atoms with Crippen molar-refractivity contribution in [3.8, 4) is 5.75 Å². The van der Waals surface area contributed by atoms with Gasteiger partial charge in [0.2, 0.25) is 0 Å². The number of amides is 2. The van der Waals surface area contributed by atoms with Gasteiger partial charge in [-0.25, -0.2) is 4.79 Å². The van der Waals surface area contributed by atoms with Gasteiger partial charge in [0, 0.05) is 19.1 Å². The van der Waals surface area contributed by atoms with Crippen LogP contribution < -0.4 is 9.50 Å². The molecule has 1 atom stereocenters. The van der Waals surface area contributed by atoms with Gasteiger partial charge in [-0.15, -0.1) is 0 Å². The van der Waals surface area contributed by atoms with Crippen molar-refractivity contribution in [3.63, 3.8) is 0 Å². The van der Waals surface area contributed by atoms with E-state index in [2.05, 4.69) is 12.2 Å². The van der Waals surface area contributed by atoms with Crippen LogP contribution >= 0.6 is 0 Å². The highest BCUT2D eigenvalue weighted by Gasteiger charge is 2.19. The lowest BCUT2D eigenvalue weighted by molar-refractivity contribution is 0.173. The fourth-order valence-electron chi connectivity index (χ4n) is 2.17. The molecule has 25 heavy (non-hydrogen) atoms. The molecule has 1 rings (SSSR count). The maximum absolute atomic E-state index is 12.4. The molecule has 1 aromatic rings. The third kappa shape index (κ3) is 7.34. The maximum atomic E-state index is 12.4. The van der Waals surface area contributed by atoms with Crippen molar-refractivity contribution in [2.24, 2.45) is 0 Å². The summed E-state index contributed by atoms with van der Waals surface area (Å²) in [5.74, 6) is 0.210. The van der Waals surface area contributed by atoms with E-state index in [-0.39, 0.29) is 23.6 Å². The Kier molecular flexibility index (Phi) is 8.75. The maximum Gasteiger partial charge on any atom is 0.317 e. The molecule has 0 saturated heterocycles. The van der Waals surface area contributed by atoms with Crippen molar-refractivity contribution in [3.05, 3.63) is 29.8 Å². The molecule has 0 aliphatic heterocycles. The largest absolute Gasteiger partial charge is 0.382 e. The number of unbranched alkanes of at least 4 members (excludes halogenated alkanes) is 1. The number of hydrogen-bond donors (Lipinski definition) is 1. The van der Waals surface area contributed by atoms with Crippen LogP contribution in [0.3, 0.4) is 0 Å². The van der Waals surface area contributed by atoms with E-state index in [1.165, 1.54) is 6.92 Å². The molecule has 0 saturated carbocycles. The number of nitrogens with one attached hydrogen (secondary N) is 1. The average Bonchev–Trinajstić information content (AvgIpc) is 2.60. The van der Waals surface area contributed by atoms with Crippen LogP contribution in [0.4, 0.5) is 4.79 Å². The van der Waals surface area contributed by atoms with Crippen LogP contribution in [0.15, 0.2) is 24.3 Å². The number of carbonyl (C=O) groups is 1. The zero-order chi connectivity index (χ0) is 18.9. The summed E-state index contributed by atoms with van der Waals surface area (Å²) in [4.78, 5) is 14.2. The van der Waals surface area contributed by atoms with Crippen molar-refractivity contribution in [1.29, 1.82) is 0 Å². The van der Waals surface area contributed by atoms with Gasteiger partial charge >= 0.3 is 16.1 Å². The molecule has 1 N–H and O–H groups in total. The zero-order valence-corrected chi connectivity index (χ0v) is 16.4. The number of urea groups is 1. The van der Waals surface area contributed by atoms with E-state index in [0.29, 0.717) is 13.1 Å². The van der Waals surface area contributed by atoms with Gasteiger partial charge in [0.15, 0.2) is 0 Å². The summed E-state index contributed by atoms with van der Waals surface area (Å²) in [5.41, 5.74) is 0.923. The lowest BCUT2D eigenvalue weighted by Crippen LogP contribution is -2.44. The standard InChI is InChI=1S/C18H30N2O4S/c1-5-8-13-19-18(21)20(15(4)6-2)14-16-9-11-17(12-10-16)24-25(22,23)7-3/h9-12,15H,5-8,13-14H2,1-4H3,(H,19,21)/t15-/m1/s1. The minimum Gasteiger partial charge on any atom is -0.382 e. The van der Waals surface area contributed by atoms with Crippen LogP contribution in [0.25, 0.3) is 0 Å². The van der Waals surface area contributed by atoms with Crippen molar-refractivity contribution in [1.82, 2.24) is 10.2 Å². The fourth-order valence-corrected chi connectivity index (χ4v) is 2.70. The second-order valence-electron chi connectivity index (χ2n) is 6.04. The first-order chi connectivity index (χ1) is 11.8. The Bertz CT molecular complexity index is 629. The Morgan fingerprint density at radius 3 is 2.36 bits per heavy atom. The van der Waals surface area contributed by atoms with E-state index in [9.17, 15) is 13.2 Å². The van der Waals surface area contributed by atoms with Gasteiger partial charge in [-0.1, -0.05) is 32.4 Å². The lowest BCUT2D eigenvalue weighted by atomic mass is 10.1. The number of rotatable bonds is 10. The smallest absolute Gasteiger partial charge is 0.317 e. The highest BCUT2D eigenvalue weighted by atomic mass is 32.2. The number of carbonyl (C=O) groups excluding carboxylic acids is 1. The Hall–Kier alpha value is -1.76. The van der Waals surface area contributed by atoms with Crippen LogP contribution in [0, 0.1) is 0 Å². The van der Waals surface area contributed by atoms with Crippen LogP contribution in [-0.4, -0.2) is 37.7 Å². The molecule has 0 spiro atoms. The van der Waals surface area contributed by atoms with E-state index >= 15 is 0 Å². The van der Waals surface area contributed by atoms with E-state index in [4.69, 9.17) is 4.18 Å². The summed E-state index contributed by atoms with van der Waals surface area (Å²) in [6, 6.07) is 6.85. The molecule has 0 bridgehead atoms. The predicted octanol–water partition coefficient (Wildman–Crippen LogP) is 3.53. The average molecular weight is 371 g/mol. The van der Waals surface area contributed by atoms with Crippen LogP contribution in [0.5, 0.6) is 5.75 Å². The normalized spacial score (nSPS) is 12.5. The van der Waals surface area contributed by atoms with Gasteiger partial charge in [0.25, 0.3) is 0 Å². The molecule has 0 radical (unpaired) electrons. The molecule has 142 valence electrons. The lowest BCUT2D eigenvalue weighted by Gasteiger charge is -2.29. The Labute approximate surface area is 151 Å². The van der Waals surface area contributed by atoms with E-state index in [1.54, 1.807) is 29.2 Å². The van der Waals surface area contributed by atoms with Gasteiger partial charge in [-0.3, -0.25) is 0 Å². The molecule has 0 fully saturated rings. The Morgan fingerprint density at radius 2 is 1.84 bits per heavy atom. The molecule has 6 nitrogen and oxygen atoms in total. The van der Waals surface area contributed by atoms with Gasteiger partial charge in [-0.05, 0) is 44.4 Å². The first-order valence-electron chi connectivity index (χ1n) is 8.88. The summed E-state index contributed by atoms with van der Waals surface area (Å²) in [6.07, 6.45) is 2.85. The molecule has 0 aliphatic carbocycles. The quantitative estimate of drug-likeness (QED) is 0.505. The summed E-state index contributed by atoms with van der Waals surface area (Å²) in [6.45, 7) is 8.82. The highest BCUT2D eigenvalue weighted by molar-refractivity contribution is 7.87. The van der Waals surface area contributed by atoms with Crippen LogP contribution in [-0.2, 0) is 16.7 Å². The number of benzene rings is 1. The summed E-state index contributed by atoms with van der Waals surface area (Å²) in [5, 5.41) is 2.95. The molecule has 0 heterocycles. The Balaban J connectivity index is 2.78. The summed E-state index contributed by atoms with van der Waals surface area (Å²) in [7, 11) is -3.53. The van der Waals surface area contributed by atoms with E-state index in [0.717, 1.165) is 24.8 Å². The number of hydrogen-bond acceptors (Lipinski definition) is 4. The fraction of sp³-hybridized carbons (Fsp3) is 0.611. The summed E-state index contributed by atoms with van der Waals surface area (Å²) >= 11 is 0. The first kappa shape index (κ1) is 21.3. The second-order valence-corrected chi connectivity index (χ2v) is 7.90. The third-order valence-corrected chi connectivity index (χ3v) is 5.20. The first-order valence-corrected chi connectivity index (χ1v) is 10.5. The van der Waals surface area contributed by atoms with Crippen molar-refractivity contribution >= 4 is 16.1 Å². The monoisotopic (exact) mass is 370 g/mol. The third-order valence-electron chi connectivity index (χ3n) is 4.04. The van der Waals surface area contributed by atoms with Gasteiger partial charge in [-0.2, -0.15) is 8.42 Å². The second kappa shape index (κ2) is 10.3. The highest BCUT2D eigenvalue weighted by Crippen LogP contribution is 2.17. The van der Waals surface area contributed by atoms with Crippen LogP contribution in [0.1, 0.15) is 52.5 Å². The molecule has 1 aromatic carbocycles. The zero-order valence-electron chi connectivity index (χ0n) is 15.6. The topological polar surface area (TPSA) is 75.7 Å². The van der Waals surface area contributed by atoms with Crippen LogP contribution in [0.2, 0.25) is 0 Å². The summed E-state index contributed by atoms with van der Waals surface area (Å²) < 4.78 is 28.0. The van der Waals surface area contributed by atoms with Crippen molar-refractivity contribution in [2.75, 3.05) is 12.3 Å². The molecule has 7 heteroatoms. The minimum atomic E-state index is -3.53. The predicted molar refractivity (Wildman–Crippen MR) is 100 cm³/mol. The SMILES string of the molecule is CCCCNC(=O)N(Cc1ccc(OS(=O)(=O)CC)cc1)[C@H](C)CC. The molecule has 2 amide bonds. The van der Waals surface area contributed by atoms with Gasteiger partial charge < -0.3 is 14.4 Å². The van der Waals surface area contributed by atoms with E-state index in [1.807, 2.05) is 13.8 Å². The van der Waals surface area contributed by atoms with Gasteiger partial charge in [0.05, 0.1) is 5.75 Å². The van der Waals surface area contributed by atoms with Crippen molar-refractivity contribution < 1.29 is 17.4 Å². The Morgan fingerprint density at radius 1 is 1.20 bits per heavy atom. The molecule has 0 aliphatic rings. The molecule has 0 aromatic heterocycles. The van der Waals surface area contributed by atoms with Crippen molar-refractivity contribution in [2.45, 2.75) is 59.5 Å². The minimum absolute atomic E-state index is 0.0725. The van der Waals surface area contributed by atoms with E-state index < -0.39 is 10.1 Å². The van der Waals surface area contributed by atoms with Gasteiger partial charge in [0.1, 0.15) is 5.75 Å². The number of nitrogens with zero attached hydrogens (tertiary/aromatic N) is 1. The molecular formula is C18H30N2O4S. The molecular weight excluding hydrogens is 340 g/mol. The molecule has 0 unspecified atom stereocenters.